The quantitative estimate of drug-likeness (QED) is 0.0899. The smallest absolute Gasteiger partial charge is 0.426 e. The predicted octanol–water partition coefficient (Wildman–Crippen LogP) is 7.35. The second-order valence-corrected chi connectivity index (χ2v) is 19.5. The molecule has 0 aromatic carbocycles. The van der Waals surface area contributed by atoms with Crippen LogP contribution in [-0.4, -0.2) is 127 Å². The van der Waals surface area contributed by atoms with E-state index in [0.717, 1.165) is 6.08 Å². The Morgan fingerprint density at radius 3 is 0.871 bits per heavy atom. The number of hydrogen-bond donors (Lipinski definition) is 0. The van der Waals surface area contributed by atoms with E-state index in [1.807, 2.05) is 0 Å². The summed E-state index contributed by atoms with van der Waals surface area (Å²) in [5.41, 5.74) is -11.7. The fourth-order valence-electron chi connectivity index (χ4n) is 4.31. The number of imide groups is 9. The van der Waals surface area contributed by atoms with Crippen molar-refractivity contribution in [2.75, 3.05) is 13.2 Å². The zero-order valence-corrected chi connectivity index (χ0v) is 39.3. The topological polar surface area (TPSA) is 254 Å². The van der Waals surface area contributed by atoms with Gasteiger partial charge >= 0.3 is 42.5 Å². The van der Waals surface area contributed by atoms with Crippen molar-refractivity contribution < 1.29 is 85.8 Å². The molecule has 352 valence electrons. The molecule has 0 saturated carbocycles. The van der Waals surface area contributed by atoms with Crippen molar-refractivity contribution in [1.82, 2.24) is 14.7 Å². The van der Waals surface area contributed by atoms with Gasteiger partial charge in [0.1, 0.15) is 40.2 Å². The van der Waals surface area contributed by atoms with Crippen LogP contribution in [0.3, 0.4) is 0 Å². The third-order valence-corrected chi connectivity index (χ3v) is 6.29. The van der Waals surface area contributed by atoms with Gasteiger partial charge in [0.15, 0.2) is 5.60 Å². The number of amides is 9. The van der Waals surface area contributed by atoms with Crippen molar-refractivity contribution in [2.24, 2.45) is 0 Å². The first-order valence-corrected chi connectivity index (χ1v) is 19.3. The summed E-state index contributed by atoms with van der Waals surface area (Å²) >= 11 is 0. The van der Waals surface area contributed by atoms with Crippen LogP contribution in [0.4, 0.5) is 28.8 Å². The highest BCUT2D eigenvalue weighted by atomic mass is 16.6. The first-order chi connectivity index (χ1) is 27.5. The van der Waals surface area contributed by atoms with E-state index in [1.165, 1.54) is 125 Å². The van der Waals surface area contributed by atoms with Gasteiger partial charge in [0.05, 0.1) is 19.4 Å². The zero-order valence-electron chi connectivity index (χ0n) is 39.3. The molecule has 0 N–H and O–H groups in total. The molecular formula is C41H65N3O18. The van der Waals surface area contributed by atoms with E-state index in [1.54, 1.807) is 0 Å². The van der Waals surface area contributed by atoms with Gasteiger partial charge in [0, 0.05) is 6.08 Å². The Morgan fingerprint density at radius 1 is 0.403 bits per heavy atom. The van der Waals surface area contributed by atoms with Gasteiger partial charge in [-0.25, -0.2) is 33.6 Å². The normalized spacial score (nSPS) is 12.4. The van der Waals surface area contributed by atoms with E-state index < -0.39 is 126 Å². The van der Waals surface area contributed by atoms with Gasteiger partial charge in [0.2, 0.25) is 11.8 Å². The molecule has 9 amide bonds. The molecule has 0 radical (unpaired) electrons. The van der Waals surface area contributed by atoms with Gasteiger partial charge in [-0.15, -0.1) is 14.7 Å². The minimum absolute atomic E-state index is 0.172. The number of rotatable bonds is 10. The number of carbonyl (C=O) groups is 10. The van der Waals surface area contributed by atoms with Crippen molar-refractivity contribution >= 4 is 60.3 Å². The minimum Gasteiger partial charge on any atom is -0.460 e. The first kappa shape index (κ1) is 56.4. The lowest BCUT2D eigenvalue weighted by atomic mass is 9.91. The van der Waals surface area contributed by atoms with E-state index in [4.69, 9.17) is 37.9 Å². The van der Waals surface area contributed by atoms with Crippen LogP contribution in [0.2, 0.25) is 0 Å². The number of carbonyl (C=O) groups excluding carboxylic acids is 10. The summed E-state index contributed by atoms with van der Waals surface area (Å²) < 4.78 is 42.7. The molecule has 21 nitrogen and oxygen atoms in total. The molecule has 0 aliphatic carbocycles. The molecule has 21 heteroatoms. The number of nitrogens with zero attached hydrogens (tertiary/aromatic N) is 3. The Kier molecular flexibility index (Phi) is 19.1. The lowest BCUT2D eigenvalue weighted by Gasteiger charge is -2.37. The number of ether oxygens (including phenoxy) is 8. The van der Waals surface area contributed by atoms with Crippen LogP contribution < -0.4 is 0 Å². The van der Waals surface area contributed by atoms with Crippen LogP contribution in [0.25, 0.3) is 0 Å². The van der Waals surface area contributed by atoms with Crippen LogP contribution in [-0.2, 0) is 57.1 Å². The van der Waals surface area contributed by atoms with Crippen molar-refractivity contribution in [3.05, 3.63) is 12.7 Å². The standard InChI is InChI=1S/C41H65N3O18/c1-20-27(47)55-21-22-56-41(28(48)44(33(53)61-39(14,15)16)34(54)62-40(17,18)19,23-25(45)42(29(49)57-35(2,3)4)30(50)58-36(5,6)7)24-26(46)43(31(51)59-37(8,9)10)32(52)60-38(11,12)13/h20H,1,21-24H2,2-19H3. The van der Waals surface area contributed by atoms with E-state index in [-0.39, 0.29) is 14.7 Å². The van der Waals surface area contributed by atoms with Crippen LogP contribution in [0.5, 0.6) is 0 Å². The summed E-state index contributed by atoms with van der Waals surface area (Å²) in [6, 6.07) is 0. The van der Waals surface area contributed by atoms with Crippen molar-refractivity contribution in [1.29, 1.82) is 0 Å². The molecule has 0 aromatic heterocycles. The largest absolute Gasteiger partial charge is 0.460 e. The highest BCUT2D eigenvalue weighted by Crippen LogP contribution is 2.31. The average molecular weight is 888 g/mol. The molecule has 0 bridgehead atoms. The lowest BCUT2D eigenvalue weighted by molar-refractivity contribution is -0.170. The lowest BCUT2D eigenvalue weighted by Crippen LogP contribution is -2.61. The monoisotopic (exact) mass is 887 g/mol. The number of hydrogen-bond acceptors (Lipinski definition) is 18. The predicted molar refractivity (Wildman–Crippen MR) is 217 cm³/mol. The minimum atomic E-state index is -3.35. The highest BCUT2D eigenvalue weighted by Gasteiger charge is 2.55. The summed E-state index contributed by atoms with van der Waals surface area (Å²) in [5.74, 6) is -6.37. The molecule has 0 unspecified atom stereocenters. The zero-order chi connectivity index (χ0) is 49.2. The van der Waals surface area contributed by atoms with Crippen LogP contribution in [0, 0.1) is 0 Å². The Hall–Kier alpha value is -5.60. The maximum atomic E-state index is 15.2. The summed E-state index contributed by atoms with van der Waals surface area (Å²) in [5, 5.41) is 0. The fourth-order valence-corrected chi connectivity index (χ4v) is 4.31. The maximum absolute atomic E-state index is 15.2. The molecule has 0 fully saturated rings. The van der Waals surface area contributed by atoms with Crippen molar-refractivity contribution in [3.8, 4) is 0 Å². The van der Waals surface area contributed by atoms with Gasteiger partial charge in [-0.3, -0.25) is 14.4 Å². The maximum Gasteiger partial charge on any atom is 0.426 e. The third kappa shape index (κ3) is 20.8. The van der Waals surface area contributed by atoms with Crippen molar-refractivity contribution in [2.45, 2.75) is 177 Å². The molecule has 0 rings (SSSR count). The molecule has 0 saturated heterocycles. The van der Waals surface area contributed by atoms with E-state index in [0.29, 0.717) is 0 Å². The van der Waals surface area contributed by atoms with E-state index >= 15 is 4.79 Å². The second kappa shape index (κ2) is 21.0. The SMILES string of the molecule is C=CC(=O)OCCOC(CC(=O)N(C(=O)OC(C)(C)C)C(=O)OC(C)(C)C)(CC(=O)N(C(=O)OC(C)(C)C)C(=O)OC(C)(C)C)C(=O)N(C(=O)OC(C)(C)C)C(=O)OC(C)(C)C. The fraction of sp³-hybridized carbons (Fsp3) is 0.707. The Labute approximate surface area is 362 Å². The molecule has 62 heavy (non-hydrogen) atoms. The summed E-state index contributed by atoms with van der Waals surface area (Å²) in [4.78, 5) is 138. The molecule has 0 atom stereocenters. The second-order valence-electron chi connectivity index (χ2n) is 19.5. The summed E-state index contributed by atoms with van der Waals surface area (Å²) in [6.07, 6.45) is -12.6. The molecule has 0 aliphatic heterocycles. The van der Waals surface area contributed by atoms with Gasteiger partial charge in [-0.05, 0) is 125 Å². The molecule has 0 heterocycles. The van der Waals surface area contributed by atoms with Gasteiger partial charge in [0.25, 0.3) is 5.91 Å². The average Bonchev–Trinajstić information content (AvgIpc) is 2.97. The number of esters is 1. The van der Waals surface area contributed by atoms with E-state index in [9.17, 15) is 43.2 Å². The Bertz CT molecular complexity index is 1570. The summed E-state index contributed by atoms with van der Waals surface area (Å²) in [6.45, 7) is 26.5. The third-order valence-electron chi connectivity index (χ3n) is 6.29. The highest BCUT2D eigenvalue weighted by molar-refractivity contribution is 6.15. The van der Waals surface area contributed by atoms with E-state index in [2.05, 4.69) is 6.58 Å². The van der Waals surface area contributed by atoms with Crippen LogP contribution >= 0.6 is 0 Å². The molecular weight excluding hydrogens is 822 g/mol. The molecule has 0 spiro atoms. The Balaban J connectivity index is 8.59. The molecule has 0 aromatic rings. The first-order valence-electron chi connectivity index (χ1n) is 19.3. The van der Waals surface area contributed by atoms with Gasteiger partial charge < -0.3 is 37.9 Å². The van der Waals surface area contributed by atoms with Crippen LogP contribution in [0.15, 0.2) is 12.7 Å². The summed E-state index contributed by atoms with van der Waals surface area (Å²) in [7, 11) is 0. The van der Waals surface area contributed by atoms with Gasteiger partial charge in [-0.1, -0.05) is 6.58 Å². The van der Waals surface area contributed by atoms with Gasteiger partial charge in [-0.2, -0.15) is 0 Å². The van der Waals surface area contributed by atoms with Crippen LogP contribution in [0.1, 0.15) is 137 Å². The molecule has 0 aliphatic rings. The van der Waals surface area contributed by atoms with Crippen molar-refractivity contribution in [3.63, 3.8) is 0 Å². The Morgan fingerprint density at radius 2 is 0.645 bits per heavy atom.